The summed E-state index contributed by atoms with van der Waals surface area (Å²) in [5.74, 6) is -0.703. The van der Waals surface area contributed by atoms with Gasteiger partial charge in [-0.3, -0.25) is 19.3 Å². The van der Waals surface area contributed by atoms with E-state index in [9.17, 15) is 19.2 Å². The molecule has 1 aromatic carbocycles. The topological polar surface area (TPSA) is 108 Å². The Bertz CT molecular complexity index is 831. The Morgan fingerprint density at radius 3 is 2.30 bits per heavy atom. The minimum Gasteiger partial charge on any atom is -0.497 e. The molecule has 1 fully saturated rings. The summed E-state index contributed by atoms with van der Waals surface area (Å²) >= 11 is 0. The first-order chi connectivity index (χ1) is 13.9. The minimum absolute atomic E-state index is 0.169. The van der Waals surface area contributed by atoms with E-state index in [0.717, 1.165) is 4.90 Å². The number of carbonyl (C=O) groups is 4. The number of hydrogen-bond donors (Lipinski definition) is 2. The van der Waals surface area contributed by atoms with Crippen LogP contribution in [0.5, 0.6) is 5.75 Å². The van der Waals surface area contributed by atoms with Gasteiger partial charge >= 0.3 is 6.03 Å². The van der Waals surface area contributed by atoms with Gasteiger partial charge in [0.2, 0.25) is 11.8 Å². The number of nitrogens with one attached hydrogen (secondary N) is 2. The zero-order valence-electron chi connectivity index (χ0n) is 18.4. The van der Waals surface area contributed by atoms with Crippen LogP contribution in [0.2, 0.25) is 0 Å². The van der Waals surface area contributed by atoms with Crippen molar-refractivity contribution in [2.45, 2.75) is 45.2 Å². The molecule has 9 nitrogen and oxygen atoms in total. The van der Waals surface area contributed by atoms with Gasteiger partial charge in [0.05, 0.1) is 13.7 Å². The zero-order valence-corrected chi connectivity index (χ0v) is 18.4. The molecule has 0 bridgehead atoms. The summed E-state index contributed by atoms with van der Waals surface area (Å²) in [5.41, 5.74) is -1.06. The smallest absolute Gasteiger partial charge is 0.325 e. The SMILES string of the molecule is CC[C@]1(c2ccc(OC)cc2)NC(=O)N(CC(=O)N(C)CC(=O)NC(C)(C)C)C1=O. The molecule has 164 valence electrons. The maximum atomic E-state index is 13.2. The predicted octanol–water partition coefficient (Wildman–Crippen LogP) is 1.23. The standard InChI is InChI=1S/C21H30N4O5/c1-7-21(14-8-10-15(30-6)11-9-14)18(28)25(19(29)23-21)13-17(27)24(5)12-16(26)22-20(2,3)4/h8-11H,7,12-13H2,1-6H3,(H,22,26)(H,23,29)/t21-/m1/s1. The first-order valence-corrected chi connectivity index (χ1v) is 9.77. The van der Waals surface area contributed by atoms with Gasteiger partial charge in [0.15, 0.2) is 0 Å². The van der Waals surface area contributed by atoms with E-state index in [1.807, 2.05) is 20.8 Å². The fourth-order valence-corrected chi connectivity index (χ4v) is 3.30. The summed E-state index contributed by atoms with van der Waals surface area (Å²) in [7, 11) is 3.00. The fraction of sp³-hybridized carbons (Fsp3) is 0.524. The highest BCUT2D eigenvalue weighted by Gasteiger charge is 2.51. The second-order valence-electron chi connectivity index (χ2n) is 8.36. The van der Waals surface area contributed by atoms with E-state index in [2.05, 4.69) is 10.6 Å². The third-order valence-corrected chi connectivity index (χ3v) is 4.90. The lowest BCUT2D eigenvalue weighted by atomic mass is 9.87. The van der Waals surface area contributed by atoms with Crippen LogP contribution in [0, 0.1) is 0 Å². The lowest BCUT2D eigenvalue weighted by molar-refractivity contribution is -0.140. The van der Waals surface area contributed by atoms with Gasteiger partial charge in [-0.1, -0.05) is 19.1 Å². The normalized spacial score (nSPS) is 18.8. The maximum Gasteiger partial charge on any atom is 0.325 e. The van der Waals surface area contributed by atoms with Crippen molar-refractivity contribution in [2.24, 2.45) is 0 Å². The number of imide groups is 1. The van der Waals surface area contributed by atoms with E-state index in [-0.39, 0.29) is 12.5 Å². The molecule has 0 unspecified atom stereocenters. The third-order valence-electron chi connectivity index (χ3n) is 4.90. The van der Waals surface area contributed by atoms with Crippen LogP contribution in [-0.4, -0.2) is 66.3 Å². The van der Waals surface area contributed by atoms with Gasteiger partial charge in [-0.05, 0) is 44.9 Å². The van der Waals surface area contributed by atoms with Gasteiger partial charge in [-0.15, -0.1) is 0 Å². The Hall–Kier alpha value is -3.10. The van der Waals surface area contributed by atoms with E-state index in [1.54, 1.807) is 38.3 Å². The second kappa shape index (κ2) is 8.73. The first kappa shape index (κ1) is 23.2. The Balaban J connectivity index is 2.13. The molecule has 0 spiro atoms. The van der Waals surface area contributed by atoms with Crippen molar-refractivity contribution >= 4 is 23.8 Å². The van der Waals surface area contributed by atoms with Crippen molar-refractivity contribution in [3.63, 3.8) is 0 Å². The molecule has 1 heterocycles. The van der Waals surface area contributed by atoms with Crippen LogP contribution in [0.4, 0.5) is 4.79 Å². The third kappa shape index (κ3) is 4.90. The van der Waals surface area contributed by atoms with E-state index in [0.29, 0.717) is 17.7 Å². The molecular weight excluding hydrogens is 388 g/mol. The molecule has 30 heavy (non-hydrogen) atoms. The van der Waals surface area contributed by atoms with Crippen molar-refractivity contribution in [2.75, 3.05) is 27.2 Å². The van der Waals surface area contributed by atoms with Gasteiger partial charge in [0, 0.05) is 12.6 Å². The van der Waals surface area contributed by atoms with Crippen molar-refractivity contribution in [1.82, 2.24) is 20.4 Å². The number of methoxy groups -OCH3 is 1. The maximum absolute atomic E-state index is 13.2. The van der Waals surface area contributed by atoms with Crippen LogP contribution >= 0.6 is 0 Å². The lowest BCUT2D eigenvalue weighted by Gasteiger charge is -2.26. The number of hydrogen-bond acceptors (Lipinski definition) is 5. The molecule has 2 N–H and O–H groups in total. The fourth-order valence-electron chi connectivity index (χ4n) is 3.30. The van der Waals surface area contributed by atoms with Crippen molar-refractivity contribution in [3.05, 3.63) is 29.8 Å². The van der Waals surface area contributed by atoms with Gasteiger partial charge in [-0.25, -0.2) is 4.79 Å². The van der Waals surface area contributed by atoms with Crippen LogP contribution < -0.4 is 15.4 Å². The van der Waals surface area contributed by atoms with Crippen molar-refractivity contribution in [1.29, 1.82) is 0 Å². The zero-order chi connectivity index (χ0) is 22.7. The summed E-state index contributed by atoms with van der Waals surface area (Å²) in [6.45, 7) is 6.69. The molecule has 1 aliphatic rings. The lowest BCUT2D eigenvalue weighted by Crippen LogP contribution is -2.49. The number of nitrogens with zero attached hydrogens (tertiary/aromatic N) is 2. The number of carbonyl (C=O) groups excluding carboxylic acids is 4. The molecule has 1 aliphatic heterocycles. The van der Waals surface area contributed by atoms with E-state index in [1.165, 1.54) is 11.9 Å². The average molecular weight is 418 g/mol. The molecule has 0 aliphatic carbocycles. The van der Waals surface area contributed by atoms with E-state index in [4.69, 9.17) is 4.74 Å². The van der Waals surface area contributed by atoms with Crippen LogP contribution in [-0.2, 0) is 19.9 Å². The van der Waals surface area contributed by atoms with Gasteiger partial charge in [0.1, 0.15) is 17.8 Å². The number of urea groups is 1. The Kier molecular flexibility index (Phi) is 6.74. The Labute approximate surface area is 176 Å². The highest BCUT2D eigenvalue weighted by atomic mass is 16.5. The van der Waals surface area contributed by atoms with Crippen LogP contribution in [0.15, 0.2) is 24.3 Å². The molecule has 0 radical (unpaired) electrons. The molecule has 5 amide bonds. The molecule has 9 heteroatoms. The number of amides is 5. The molecule has 0 saturated carbocycles. The van der Waals surface area contributed by atoms with Crippen molar-refractivity contribution < 1.29 is 23.9 Å². The summed E-state index contributed by atoms with van der Waals surface area (Å²) < 4.78 is 5.14. The average Bonchev–Trinajstić information content (AvgIpc) is 2.91. The van der Waals surface area contributed by atoms with E-state index >= 15 is 0 Å². The van der Waals surface area contributed by atoms with Gasteiger partial charge in [-0.2, -0.15) is 0 Å². The van der Waals surface area contributed by atoms with Crippen LogP contribution in [0.25, 0.3) is 0 Å². The number of ether oxygens (including phenoxy) is 1. The highest BCUT2D eigenvalue weighted by molar-refractivity contribution is 6.09. The molecule has 1 aromatic rings. The number of likely N-dealkylation sites (N-methyl/N-ethyl adjacent to an activating group) is 1. The van der Waals surface area contributed by atoms with Crippen LogP contribution in [0.1, 0.15) is 39.7 Å². The molecule has 1 saturated heterocycles. The first-order valence-electron chi connectivity index (χ1n) is 9.77. The number of benzene rings is 1. The van der Waals surface area contributed by atoms with Gasteiger partial charge < -0.3 is 20.3 Å². The van der Waals surface area contributed by atoms with Gasteiger partial charge in [0.25, 0.3) is 5.91 Å². The highest BCUT2D eigenvalue weighted by Crippen LogP contribution is 2.33. The summed E-state index contributed by atoms with van der Waals surface area (Å²) in [6.07, 6.45) is 0.318. The van der Waals surface area contributed by atoms with Crippen LogP contribution in [0.3, 0.4) is 0 Å². The van der Waals surface area contributed by atoms with Crippen molar-refractivity contribution in [3.8, 4) is 5.75 Å². The molecule has 1 atom stereocenters. The summed E-state index contributed by atoms with van der Waals surface area (Å²) in [4.78, 5) is 52.4. The monoisotopic (exact) mass is 418 g/mol. The molecule has 2 rings (SSSR count). The quantitative estimate of drug-likeness (QED) is 0.648. The molecule has 0 aromatic heterocycles. The molecular formula is C21H30N4O5. The largest absolute Gasteiger partial charge is 0.497 e. The summed E-state index contributed by atoms with van der Waals surface area (Å²) in [6, 6.07) is 6.21. The minimum atomic E-state index is -1.24. The van der Waals surface area contributed by atoms with E-state index < -0.39 is 35.5 Å². The number of rotatable bonds is 7. The second-order valence-corrected chi connectivity index (χ2v) is 8.36. The Morgan fingerprint density at radius 2 is 1.80 bits per heavy atom. The predicted molar refractivity (Wildman–Crippen MR) is 111 cm³/mol. The summed E-state index contributed by atoms with van der Waals surface area (Å²) in [5, 5.41) is 5.50. The Morgan fingerprint density at radius 1 is 1.20 bits per heavy atom.